The van der Waals surface area contributed by atoms with Crippen molar-refractivity contribution in [1.82, 2.24) is 5.32 Å². The SMILES string of the molecule is CC(c1ccccc1)C(N)(C1CCCCC1)C(Cc1ccccc1)C(=O)NCCC(C)(C)C. The van der Waals surface area contributed by atoms with Crippen LogP contribution in [0.2, 0.25) is 0 Å². The van der Waals surface area contributed by atoms with Crippen LogP contribution >= 0.6 is 0 Å². The Labute approximate surface area is 201 Å². The van der Waals surface area contributed by atoms with Crippen molar-refractivity contribution >= 4 is 5.91 Å². The van der Waals surface area contributed by atoms with Gasteiger partial charge >= 0.3 is 0 Å². The fourth-order valence-corrected chi connectivity index (χ4v) is 5.60. The Hall–Kier alpha value is -2.13. The van der Waals surface area contributed by atoms with Gasteiger partial charge in [0.2, 0.25) is 5.91 Å². The fraction of sp³-hybridized carbons (Fsp3) is 0.567. The van der Waals surface area contributed by atoms with Gasteiger partial charge in [0.15, 0.2) is 0 Å². The fourth-order valence-electron chi connectivity index (χ4n) is 5.60. The van der Waals surface area contributed by atoms with E-state index < -0.39 is 5.54 Å². The summed E-state index contributed by atoms with van der Waals surface area (Å²) in [5.41, 5.74) is 9.52. The van der Waals surface area contributed by atoms with Gasteiger partial charge < -0.3 is 11.1 Å². The topological polar surface area (TPSA) is 55.1 Å². The van der Waals surface area contributed by atoms with Crippen molar-refractivity contribution in [3.05, 3.63) is 71.8 Å². The number of rotatable bonds is 9. The van der Waals surface area contributed by atoms with E-state index in [1.807, 2.05) is 6.07 Å². The van der Waals surface area contributed by atoms with E-state index in [0.717, 1.165) is 19.3 Å². The zero-order valence-electron chi connectivity index (χ0n) is 21.1. The standard InChI is InChI=1S/C30H44N2O/c1-23(25-16-10-6-11-17-25)30(31,26-18-12-7-13-19-26)27(22-24-14-8-5-9-15-24)28(33)32-21-20-29(2,3)4/h5-6,8-11,14-17,23,26-27H,7,12-13,18-22,31H2,1-4H3,(H,32,33). The molecule has 0 aliphatic heterocycles. The van der Waals surface area contributed by atoms with Crippen LogP contribution in [0.15, 0.2) is 60.7 Å². The Morgan fingerprint density at radius 1 is 0.970 bits per heavy atom. The summed E-state index contributed by atoms with van der Waals surface area (Å²) >= 11 is 0. The molecule has 33 heavy (non-hydrogen) atoms. The third-order valence-electron chi connectivity index (χ3n) is 7.74. The van der Waals surface area contributed by atoms with Crippen LogP contribution in [-0.4, -0.2) is 18.0 Å². The van der Waals surface area contributed by atoms with E-state index >= 15 is 0 Å². The van der Waals surface area contributed by atoms with Gasteiger partial charge in [-0.25, -0.2) is 0 Å². The average Bonchev–Trinajstić information content (AvgIpc) is 2.82. The molecule has 0 radical (unpaired) electrons. The Balaban J connectivity index is 1.98. The Bertz CT molecular complexity index is 852. The third-order valence-corrected chi connectivity index (χ3v) is 7.74. The molecule has 1 saturated carbocycles. The molecule has 1 aliphatic carbocycles. The molecule has 3 N–H and O–H groups in total. The van der Waals surface area contributed by atoms with Crippen molar-refractivity contribution in [2.75, 3.05) is 6.54 Å². The summed E-state index contributed by atoms with van der Waals surface area (Å²) in [5.74, 6) is 0.254. The van der Waals surface area contributed by atoms with E-state index in [4.69, 9.17) is 5.73 Å². The molecular formula is C30H44N2O. The molecule has 1 aliphatic rings. The van der Waals surface area contributed by atoms with E-state index in [2.05, 4.69) is 87.6 Å². The second-order valence-corrected chi connectivity index (χ2v) is 11.3. The van der Waals surface area contributed by atoms with Crippen LogP contribution in [0.5, 0.6) is 0 Å². The highest BCUT2D eigenvalue weighted by Gasteiger charge is 2.49. The lowest BCUT2D eigenvalue weighted by atomic mass is 9.60. The molecule has 0 spiro atoms. The third kappa shape index (κ3) is 6.69. The van der Waals surface area contributed by atoms with Gasteiger partial charge in [-0.15, -0.1) is 0 Å². The lowest BCUT2D eigenvalue weighted by Crippen LogP contribution is -2.62. The van der Waals surface area contributed by atoms with Gasteiger partial charge in [0.1, 0.15) is 0 Å². The van der Waals surface area contributed by atoms with Crippen LogP contribution in [0.1, 0.15) is 83.3 Å². The Kier molecular flexibility index (Phi) is 8.75. The van der Waals surface area contributed by atoms with Crippen molar-refractivity contribution in [3.8, 4) is 0 Å². The highest BCUT2D eigenvalue weighted by Crippen LogP contribution is 2.45. The van der Waals surface area contributed by atoms with Crippen LogP contribution in [0, 0.1) is 17.3 Å². The smallest absolute Gasteiger partial charge is 0.225 e. The first-order valence-electron chi connectivity index (χ1n) is 12.9. The van der Waals surface area contributed by atoms with Gasteiger partial charge in [-0.1, -0.05) is 108 Å². The van der Waals surface area contributed by atoms with E-state index in [1.165, 1.54) is 30.4 Å². The summed E-state index contributed by atoms with van der Waals surface area (Å²) in [6, 6.07) is 21.0. The van der Waals surface area contributed by atoms with E-state index in [1.54, 1.807) is 0 Å². The summed E-state index contributed by atoms with van der Waals surface area (Å²) < 4.78 is 0. The van der Waals surface area contributed by atoms with Crippen molar-refractivity contribution in [2.45, 2.75) is 84.1 Å². The molecule has 3 heteroatoms. The van der Waals surface area contributed by atoms with Gasteiger partial charge in [0.25, 0.3) is 0 Å². The predicted molar refractivity (Wildman–Crippen MR) is 139 cm³/mol. The first-order chi connectivity index (χ1) is 15.7. The summed E-state index contributed by atoms with van der Waals surface area (Å²) in [5, 5.41) is 3.29. The maximum atomic E-state index is 13.9. The lowest BCUT2D eigenvalue weighted by Gasteiger charge is -2.49. The molecule has 3 atom stereocenters. The number of carbonyl (C=O) groups is 1. The van der Waals surface area contributed by atoms with Crippen molar-refractivity contribution in [1.29, 1.82) is 0 Å². The lowest BCUT2D eigenvalue weighted by molar-refractivity contribution is -0.129. The second-order valence-electron chi connectivity index (χ2n) is 11.3. The summed E-state index contributed by atoms with van der Waals surface area (Å²) in [6.07, 6.45) is 7.51. The molecule has 0 aromatic heterocycles. The molecule has 1 amide bonds. The van der Waals surface area contributed by atoms with Crippen LogP contribution in [0.25, 0.3) is 0 Å². The number of carbonyl (C=O) groups excluding carboxylic acids is 1. The molecule has 2 aromatic rings. The Morgan fingerprint density at radius 3 is 2.12 bits per heavy atom. The molecule has 0 saturated heterocycles. The molecule has 1 fully saturated rings. The predicted octanol–water partition coefficient (Wildman–Crippen LogP) is 6.48. The van der Waals surface area contributed by atoms with E-state index in [-0.39, 0.29) is 23.2 Å². The van der Waals surface area contributed by atoms with Crippen molar-refractivity contribution in [3.63, 3.8) is 0 Å². The largest absolute Gasteiger partial charge is 0.356 e. The monoisotopic (exact) mass is 448 g/mol. The number of nitrogens with two attached hydrogens (primary N) is 1. The maximum absolute atomic E-state index is 13.9. The molecule has 2 aromatic carbocycles. The Morgan fingerprint density at radius 2 is 1.55 bits per heavy atom. The zero-order valence-corrected chi connectivity index (χ0v) is 21.1. The molecular weight excluding hydrogens is 404 g/mol. The normalized spacial score (nSPS) is 18.8. The van der Waals surface area contributed by atoms with Crippen LogP contribution in [0.3, 0.4) is 0 Å². The second kappa shape index (κ2) is 11.3. The molecule has 0 heterocycles. The average molecular weight is 449 g/mol. The van der Waals surface area contributed by atoms with Crippen LogP contribution in [0.4, 0.5) is 0 Å². The van der Waals surface area contributed by atoms with E-state index in [0.29, 0.717) is 18.9 Å². The van der Waals surface area contributed by atoms with Gasteiger partial charge in [-0.3, -0.25) is 4.79 Å². The minimum Gasteiger partial charge on any atom is -0.356 e. The quantitative estimate of drug-likeness (QED) is 0.461. The minimum absolute atomic E-state index is 0.0869. The number of hydrogen-bond acceptors (Lipinski definition) is 2. The zero-order chi connectivity index (χ0) is 23.9. The number of hydrogen-bond donors (Lipinski definition) is 2. The van der Waals surface area contributed by atoms with Gasteiger partial charge in [-0.2, -0.15) is 0 Å². The van der Waals surface area contributed by atoms with Gasteiger partial charge in [0.05, 0.1) is 5.92 Å². The van der Waals surface area contributed by atoms with Gasteiger partial charge in [0, 0.05) is 18.0 Å². The number of amides is 1. The highest BCUT2D eigenvalue weighted by atomic mass is 16.1. The summed E-state index contributed by atoms with van der Waals surface area (Å²) in [4.78, 5) is 13.9. The molecule has 0 bridgehead atoms. The highest BCUT2D eigenvalue weighted by molar-refractivity contribution is 5.81. The molecule has 180 valence electrons. The maximum Gasteiger partial charge on any atom is 0.225 e. The number of nitrogens with one attached hydrogen (secondary N) is 1. The first-order valence-corrected chi connectivity index (χ1v) is 12.9. The van der Waals surface area contributed by atoms with E-state index in [9.17, 15) is 4.79 Å². The summed E-state index contributed by atoms with van der Waals surface area (Å²) in [6.45, 7) is 9.58. The first kappa shape index (κ1) is 25.5. The van der Waals surface area contributed by atoms with Gasteiger partial charge in [-0.05, 0) is 48.1 Å². The van der Waals surface area contributed by atoms with Crippen molar-refractivity contribution < 1.29 is 4.79 Å². The number of benzene rings is 2. The van der Waals surface area contributed by atoms with Crippen LogP contribution < -0.4 is 11.1 Å². The molecule has 3 unspecified atom stereocenters. The minimum atomic E-state index is -0.608. The van der Waals surface area contributed by atoms with Crippen LogP contribution in [-0.2, 0) is 11.2 Å². The summed E-state index contributed by atoms with van der Waals surface area (Å²) in [7, 11) is 0. The molecule has 3 nitrogen and oxygen atoms in total. The molecule has 3 rings (SSSR count). The van der Waals surface area contributed by atoms with Crippen molar-refractivity contribution in [2.24, 2.45) is 23.0 Å².